The molecule has 0 spiro atoms. The predicted molar refractivity (Wildman–Crippen MR) is 74.3 cm³/mol. The third-order valence-corrected chi connectivity index (χ3v) is 2.87. The van der Waals surface area contributed by atoms with E-state index in [1.807, 2.05) is 0 Å². The molecule has 21 heavy (non-hydrogen) atoms. The number of nitro benzene ring substituents is 1. The Bertz CT molecular complexity index is 705. The highest BCUT2D eigenvalue weighted by molar-refractivity contribution is 6.31. The van der Waals surface area contributed by atoms with Crippen molar-refractivity contribution in [2.24, 2.45) is 0 Å². The SMILES string of the molecule is O=C(COc1c(F)cccc1[N+](=O)[O-])c1cccc(Cl)c1. The van der Waals surface area contributed by atoms with Gasteiger partial charge < -0.3 is 4.74 Å². The zero-order valence-electron chi connectivity index (χ0n) is 10.6. The molecule has 0 aliphatic carbocycles. The lowest BCUT2D eigenvalue weighted by Crippen LogP contribution is -2.13. The third-order valence-electron chi connectivity index (χ3n) is 2.64. The Morgan fingerprint density at radius 1 is 1.29 bits per heavy atom. The standard InChI is InChI=1S/C14H9ClFNO4/c15-10-4-1-3-9(7-10)13(18)8-21-14-11(16)5-2-6-12(14)17(19)20/h1-7H,8H2. The maximum atomic E-state index is 13.6. The lowest BCUT2D eigenvalue weighted by atomic mass is 10.1. The lowest BCUT2D eigenvalue weighted by Gasteiger charge is -2.07. The van der Waals surface area contributed by atoms with Crippen molar-refractivity contribution in [3.63, 3.8) is 0 Å². The molecule has 0 saturated heterocycles. The minimum absolute atomic E-state index is 0.279. The maximum Gasteiger partial charge on any atom is 0.314 e. The summed E-state index contributed by atoms with van der Waals surface area (Å²) in [5, 5.41) is 11.2. The van der Waals surface area contributed by atoms with Gasteiger partial charge in [-0.2, -0.15) is 0 Å². The summed E-state index contributed by atoms with van der Waals surface area (Å²) in [4.78, 5) is 21.9. The third kappa shape index (κ3) is 3.55. The molecule has 0 fully saturated rings. The first kappa shape index (κ1) is 14.9. The molecule has 0 bridgehead atoms. The van der Waals surface area contributed by atoms with Gasteiger partial charge in [0, 0.05) is 16.7 Å². The van der Waals surface area contributed by atoms with Crippen LogP contribution in [0.25, 0.3) is 0 Å². The van der Waals surface area contributed by atoms with E-state index in [0.717, 1.165) is 12.1 Å². The highest BCUT2D eigenvalue weighted by Crippen LogP contribution is 2.29. The van der Waals surface area contributed by atoms with Crippen molar-refractivity contribution in [3.05, 3.63) is 69.0 Å². The molecule has 108 valence electrons. The molecule has 0 unspecified atom stereocenters. The zero-order valence-corrected chi connectivity index (χ0v) is 11.3. The van der Waals surface area contributed by atoms with Gasteiger partial charge in [-0.1, -0.05) is 29.8 Å². The summed E-state index contributed by atoms with van der Waals surface area (Å²) < 4.78 is 18.5. The van der Waals surface area contributed by atoms with Gasteiger partial charge >= 0.3 is 5.69 Å². The van der Waals surface area contributed by atoms with E-state index in [4.69, 9.17) is 16.3 Å². The number of nitrogens with zero attached hydrogens (tertiary/aromatic N) is 1. The molecule has 0 aromatic heterocycles. The van der Waals surface area contributed by atoms with Crippen molar-refractivity contribution in [1.29, 1.82) is 0 Å². The normalized spacial score (nSPS) is 10.2. The number of hydrogen-bond acceptors (Lipinski definition) is 4. The molecular formula is C14H9ClFNO4. The highest BCUT2D eigenvalue weighted by atomic mass is 35.5. The number of halogens is 2. The first-order chi connectivity index (χ1) is 9.99. The molecule has 0 N–H and O–H groups in total. The summed E-state index contributed by atoms with van der Waals surface area (Å²) in [5.41, 5.74) is -0.254. The number of ketones is 1. The molecule has 7 heteroatoms. The van der Waals surface area contributed by atoms with Gasteiger partial charge in [0.1, 0.15) is 0 Å². The number of benzene rings is 2. The highest BCUT2D eigenvalue weighted by Gasteiger charge is 2.20. The summed E-state index contributed by atoms with van der Waals surface area (Å²) in [5.74, 6) is -1.92. The van der Waals surface area contributed by atoms with Gasteiger partial charge in [-0.25, -0.2) is 4.39 Å². The second-order valence-electron chi connectivity index (χ2n) is 4.07. The minimum atomic E-state index is -0.900. The minimum Gasteiger partial charge on any atom is -0.476 e. The van der Waals surface area contributed by atoms with Gasteiger partial charge in [-0.05, 0) is 18.2 Å². The lowest BCUT2D eigenvalue weighted by molar-refractivity contribution is -0.386. The van der Waals surface area contributed by atoms with Crippen LogP contribution in [0.1, 0.15) is 10.4 Å². The Labute approximate surface area is 124 Å². The number of carbonyl (C=O) groups is 1. The molecule has 2 aromatic carbocycles. The smallest absolute Gasteiger partial charge is 0.314 e. The molecule has 0 heterocycles. The number of carbonyl (C=O) groups excluding carboxylic acids is 1. The van der Waals surface area contributed by atoms with Crippen molar-refractivity contribution >= 4 is 23.1 Å². The van der Waals surface area contributed by atoms with Crippen molar-refractivity contribution in [2.75, 3.05) is 6.61 Å². The number of nitro groups is 1. The van der Waals surface area contributed by atoms with Crippen molar-refractivity contribution in [2.45, 2.75) is 0 Å². The summed E-state index contributed by atoms with van der Waals surface area (Å²) in [6.07, 6.45) is 0. The molecule has 0 aliphatic heterocycles. The van der Waals surface area contributed by atoms with E-state index >= 15 is 0 Å². The number of para-hydroxylation sites is 1. The second-order valence-corrected chi connectivity index (χ2v) is 4.50. The number of rotatable bonds is 5. The fourth-order valence-corrected chi connectivity index (χ4v) is 1.86. The zero-order chi connectivity index (χ0) is 15.4. The molecule has 0 amide bonds. The molecular weight excluding hydrogens is 301 g/mol. The molecule has 2 rings (SSSR count). The summed E-state index contributed by atoms with van der Waals surface area (Å²) >= 11 is 5.76. The summed E-state index contributed by atoms with van der Waals surface area (Å²) in [7, 11) is 0. The fourth-order valence-electron chi connectivity index (χ4n) is 1.67. The monoisotopic (exact) mass is 309 g/mol. The van der Waals surface area contributed by atoms with Gasteiger partial charge in [0.2, 0.25) is 5.75 Å². The van der Waals surface area contributed by atoms with Crippen LogP contribution in [0.3, 0.4) is 0 Å². The van der Waals surface area contributed by atoms with Crippen LogP contribution >= 0.6 is 11.6 Å². The molecule has 0 aliphatic rings. The molecule has 0 saturated carbocycles. The Hall–Kier alpha value is -2.47. The van der Waals surface area contributed by atoms with E-state index in [0.29, 0.717) is 5.02 Å². The summed E-state index contributed by atoms with van der Waals surface area (Å²) in [6, 6.07) is 9.45. The molecule has 5 nitrogen and oxygen atoms in total. The van der Waals surface area contributed by atoms with Crippen LogP contribution in [0.4, 0.5) is 10.1 Å². The topological polar surface area (TPSA) is 69.4 Å². The fraction of sp³-hybridized carbons (Fsp3) is 0.0714. The van der Waals surface area contributed by atoms with Crippen LogP contribution in [0.2, 0.25) is 5.02 Å². The Morgan fingerprint density at radius 3 is 2.67 bits per heavy atom. The van der Waals surface area contributed by atoms with Crippen LogP contribution in [0.15, 0.2) is 42.5 Å². The van der Waals surface area contributed by atoms with Crippen LogP contribution in [0.5, 0.6) is 5.75 Å². The van der Waals surface area contributed by atoms with E-state index < -0.39 is 34.6 Å². The van der Waals surface area contributed by atoms with E-state index in [1.54, 1.807) is 12.1 Å². The van der Waals surface area contributed by atoms with Gasteiger partial charge in [0.25, 0.3) is 0 Å². The van der Waals surface area contributed by atoms with Gasteiger partial charge in [0.05, 0.1) is 4.92 Å². The maximum absolute atomic E-state index is 13.6. The number of ether oxygens (including phenoxy) is 1. The van der Waals surface area contributed by atoms with E-state index in [9.17, 15) is 19.3 Å². The van der Waals surface area contributed by atoms with Gasteiger partial charge in [-0.3, -0.25) is 14.9 Å². The molecule has 0 radical (unpaired) electrons. The average Bonchev–Trinajstić information content (AvgIpc) is 2.45. The largest absolute Gasteiger partial charge is 0.476 e. The average molecular weight is 310 g/mol. The van der Waals surface area contributed by atoms with Crippen LogP contribution in [0, 0.1) is 15.9 Å². The van der Waals surface area contributed by atoms with E-state index in [-0.39, 0.29) is 5.56 Å². The quantitative estimate of drug-likeness (QED) is 0.480. The van der Waals surface area contributed by atoms with Crippen molar-refractivity contribution in [1.82, 2.24) is 0 Å². The Morgan fingerprint density at radius 2 is 2.00 bits per heavy atom. The van der Waals surface area contributed by atoms with Crippen molar-refractivity contribution < 1.29 is 18.8 Å². The first-order valence-electron chi connectivity index (χ1n) is 5.83. The van der Waals surface area contributed by atoms with Gasteiger partial charge in [0.15, 0.2) is 18.2 Å². The Balaban J connectivity index is 2.17. The van der Waals surface area contributed by atoms with E-state index in [2.05, 4.69) is 0 Å². The first-order valence-corrected chi connectivity index (χ1v) is 6.21. The van der Waals surface area contributed by atoms with Crippen LogP contribution in [-0.2, 0) is 0 Å². The number of Topliss-reactive ketones (excluding diaryl/α,β-unsaturated/α-hetero) is 1. The Kier molecular flexibility index (Phi) is 4.49. The summed E-state index contributed by atoms with van der Waals surface area (Å²) in [6.45, 7) is -0.526. The van der Waals surface area contributed by atoms with E-state index in [1.165, 1.54) is 18.2 Å². The number of hydrogen-bond donors (Lipinski definition) is 0. The molecule has 0 atom stereocenters. The van der Waals surface area contributed by atoms with Crippen LogP contribution in [-0.4, -0.2) is 17.3 Å². The predicted octanol–water partition coefficient (Wildman–Crippen LogP) is 3.65. The van der Waals surface area contributed by atoms with Crippen LogP contribution < -0.4 is 4.74 Å². The molecule has 2 aromatic rings. The van der Waals surface area contributed by atoms with Crippen molar-refractivity contribution in [3.8, 4) is 5.75 Å². The van der Waals surface area contributed by atoms with Gasteiger partial charge in [-0.15, -0.1) is 0 Å². The second kappa shape index (κ2) is 6.32.